The molecule has 2 nitrogen and oxygen atoms in total. The Morgan fingerprint density at radius 3 is 1.79 bits per heavy atom. The Bertz CT molecular complexity index is 1600. The standard InChI is InChI=1S/C31H23NO/c33-21-22-15-17-27(18-16-22)32(30-13-5-10-23-7-3-4-12-28(23)30)31-14-6-11-26-19-24-8-1-2-9-25(24)20-29(26)31/h1-20,33H,21H2. The molecule has 1 N–H and O–H groups in total. The van der Waals surface area contributed by atoms with Crippen molar-refractivity contribution in [2.24, 2.45) is 0 Å². The lowest BCUT2D eigenvalue weighted by Gasteiger charge is -2.28. The molecule has 158 valence electrons. The number of benzene rings is 6. The van der Waals surface area contributed by atoms with Gasteiger partial charge in [0.05, 0.1) is 18.0 Å². The summed E-state index contributed by atoms with van der Waals surface area (Å²) in [6, 6.07) is 42.7. The van der Waals surface area contributed by atoms with Gasteiger partial charge in [0, 0.05) is 16.5 Å². The van der Waals surface area contributed by atoms with E-state index in [1.807, 2.05) is 12.1 Å². The minimum absolute atomic E-state index is 0.0365. The summed E-state index contributed by atoms with van der Waals surface area (Å²) in [6.07, 6.45) is 0. The summed E-state index contributed by atoms with van der Waals surface area (Å²) < 4.78 is 0. The van der Waals surface area contributed by atoms with Crippen LogP contribution in [0.4, 0.5) is 17.1 Å². The van der Waals surface area contributed by atoms with E-state index in [4.69, 9.17) is 0 Å². The first-order chi connectivity index (χ1) is 16.3. The van der Waals surface area contributed by atoms with Crippen LogP contribution in [-0.2, 0) is 6.61 Å². The number of aliphatic hydroxyl groups is 1. The zero-order valence-electron chi connectivity index (χ0n) is 18.1. The minimum Gasteiger partial charge on any atom is -0.392 e. The first-order valence-corrected chi connectivity index (χ1v) is 11.2. The Balaban J connectivity index is 1.67. The molecule has 0 amide bonds. The fourth-order valence-electron chi connectivity index (χ4n) is 4.71. The molecule has 0 bridgehead atoms. The Morgan fingerprint density at radius 2 is 1.06 bits per heavy atom. The summed E-state index contributed by atoms with van der Waals surface area (Å²) in [6.45, 7) is 0.0365. The van der Waals surface area contributed by atoms with E-state index in [9.17, 15) is 5.11 Å². The number of anilines is 3. The summed E-state index contributed by atoms with van der Waals surface area (Å²) in [4.78, 5) is 2.33. The Morgan fingerprint density at radius 1 is 0.485 bits per heavy atom. The van der Waals surface area contributed by atoms with Crippen LogP contribution in [0, 0.1) is 0 Å². The van der Waals surface area contributed by atoms with Gasteiger partial charge in [-0.3, -0.25) is 0 Å². The van der Waals surface area contributed by atoms with Crippen LogP contribution in [0.2, 0.25) is 0 Å². The number of rotatable bonds is 4. The van der Waals surface area contributed by atoms with E-state index in [0.29, 0.717) is 0 Å². The van der Waals surface area contributed by atoms with E-state index >= 15 is 0 Å². The number of nitrogens with zero attached hydrogens (tertiary/aromatic N) is 1. The molecule has 0 unspecified atom stereocenters. The average molecular weight is 426 g/mol. The fraction of sp³-hybridized carbons (Fsp3) is 0.0323. The van der Waals surface area contributed by atoms with Gasteiger partial charge in [0.1, 0.15) is 0 Å². The van der Waals surface area contributed by atoms with Crippen LogP contribution in [0.15, 0.2) is 121 Å². The number of fused-ring (bicyclic) bond motifs is 3. The molecule has 6 aromatic carbocycles. The van der Waals surface area contributed by atoms with Crippen LogP contribution < -0.4 is 4.90 Å². The lowest BCUT2D eigenvalue weighted by atomic mass is 10.0. The Hall–Kier alpha value is -4.14. The van der Waals surface area contributed by atoms with Crippen molar-refractivity contribution in [3.8, 4) is 0 Å². The van der Waals surface area contributed by atoms with Crippen LogP contribution in [0.1, 0.15) is 5.56 Å². The van der Waals surface area contributed by atoms with Crippen molar-refractivity contribution in [2.75, 3.05) is 4.90 Å². The second kappa shape index (κ2) is 8.09. The van der Waals surface area contributed by atoms with Crippen molar-refractivity contribution in [1.29, 1.82) is 0 Å². The quantitative estimate of drug-likeness (QED) is 0.288. The molecule has 0 heterocycles. The third-order valence-corrected chi connectivity index (χ3v) is 6.35. The van der Waals surface area contributed by atoms with Crippen molar-refractivity contribution in [3.63, 3.8) is 0 Å². The summed E-state index contributed by atoms with van der Waals surface area (Å²) >= 11 is 0. The predicted molar refractivity (Wildman–Crippen MR) is 140 cm³/mol. The molecule has 0 saturated carbocycles. The van der Waals surface area contributed by atoms with Gasteiger partial charge in [-0.2, -0.15) is 0 Å². The third-order valence-electron chi connectivity index (χ3n) is 6.35. The van der Waals surface area contributed by atoms with Gasteiger partial charge in [-0.1, -0.05) is 84.9 Å². The average Bonchev–Trinajstić information content (AvgIpc) is 2.88. The highest BCUT2D eigenvalue weighted by molar-refractivity contribution is 6.08. The van der Waals surface area contributed by atoms with Crippen molar-refractivity contribution in [1.82, 2.24) is 0 Å². The maximum absolute atomic E-state index is 9.57. The predicted octanol–water partition coefficient (Wildman–Crippen LogP) is 8.11. The van der Waals surface area contributed by atoms with E-state index in [1.165, 1.54) is 32.3 Å². The van der Waals surface area contributed by atoms with Crippen LogP contribution in [0.3, 0.4) is 0 Å². The maximum Gasteiger partial charge on any atom is 0.0681 e. The molecule has 6 aromatic rings. The summed E-state index contributed by atoms with van der Waals surface area (Å²) in [5.41, 5.74) is 4.22. The van der Waals surface area contributed by atoms with Gasteiger partial charge >= 0.3 is 0 Å². The molecule has 0 aliphatic carbocycles. The highest BCUT2D eigenvalue weighted by atomic mass is 16.3. The first-order valence-electron chi connectivity index (χ1n) is 11.2. The smallest absolute Gasteiger partial charge is 0.0681 e. The first kappa shape index (κ1) is 19.5. The SMILES string of the molecule is OCc1ccc(N(c2cccc3ccccc23)c2cccc3cc4ccccc4cc23)cc1. The summed E-state index contributed by atoms with van der Waals surface area (Å²) in [5, 5.41) is 16.9. The highest BCUT2D eigenvalue weighted by Gasteiger charge is 2.17. The summed E-state index contributed by atoms with van der Waals surface area (Å²) in [7, 11) is 0. The lowest BCUT2D eigenvalue weighted by Crippen LogP contribution is -2.11. The normalized spacial score (nSPS) is 11.3. The van der Waals surface area contributed by atoms with E-state index in [2.05, 4.69) is 114 Å². The van der Waals surface area contributed by atoms with E-state index in [0.717, 1.165) is 22.6 Å². The van der Waals surface area contributed by atoms with Gasteiger partial charge in [-0.15, -0.1) is 0 Å². The third kappa shape index (κ3) is 3.42. The largest absolute Gasteiger partial charge is 0.392 e. The fourth-order valence-corrected chi connectivity index (χ4v) is 4.71. The molecular formula is C31H23NO. The van der Waals surface area contributed by atoms with Gasteiger partial charge in [-0.25, -0.2) is 0 Å². The van der Waals surface area contributed by atoms with Crippen molar-refractivity contribution in [3.05, 3.63) is 127 Å². The zero-order chi connectivity index (χ0) is 22.2. The van der Waals surface area contributed by atoms with Gasteiger partial charge in [-0.05, 0) is 63.5 Å². The number of aliphatic hydroxyl groups excluding tert-OH is 1. The van der Waals surface area contributed by atoms with Crippen LogP contribution >= 0.6 is 0 Å². The van der Waals surface area contributed by atoms with Crippen LogP contribution in [0.25, 0.3) is 32.3 Å². The van der Waals surface area contributed by atoms with Gasteiger partial charge < -0.3 is 10.0 Å². The van der Waals surface area contributed by atoms with E-state index in [1.54, 1.807) is 0 Å². The number of hydrogen-bond donors (Lipinski definition) is 1. The van der Waals surface area contributed by atoms with Crippen molar-refractivity contribution >= 4 is 49.4 Å². The monoisotopic (exact) mass is 425 g/mol. The molecule has 6 rings (SSSR count). The van der Waals surface area contributed by atoms with E-state index < -0.39 is 0 Å². The van der Waals surface area contributed by atoms with Crippen LogP contribution in [-0.4, -0.2) is 5.11 Å². The molecule has 0 aromatic heterocycles. The van der Waals surface area contributed by atoms with Crippen LogP contribution in [0.5, 0.6) is 0 Å². The van der Waals surface area contributed by atoms with Gasteiger partial charge in [0.2, 0.25) is 0 Å². The van der Waals surface area contributed by atoms with Gasteiger partial charge in [0.15, 0.2) is 0 Å². The second-order valence-electron chi connectivity index (χ2n) is 8.36. The molecule has 2 heteroatoms. The van der Waals surface area contributed by atoms with Crippen molar-refractivity contribution in [2.45, 2.75) is 6.61 Å². The van der Waals surface area contributed by atoms with E-state index in [-0.39, 0.29) is 6.61 Å². The van der Waals surface area contributed by atoms with Crippen molar-refractivity contribution < 1.29 is 5.11 Å². The zero-order valence-corrected chi connectivity index (χ0v) is 18.1. The Labute approximate surface area is 193 Å². The minimum atomic E-state index is 0.0365. The summed E-state index contributed by atoms with van der Waals surface area (Å²) in [5.74, 6) is 0. The topological polar surface area (TPSA) is 23.5 Å². The Kier molecular flexibility index (Phi) is 4.79. The molecule has 0 fully saturated rings. The highest BCUT2D eigenvalue weighted by Crippen LogP contribution is 2.42. The molecule has 0 aliphatic heterocycles. The molecule has 33 heavy (non-hydrogen) atoms. The lowest BCUT2D eigenvalue weighted by molar-refractivity contribution is 0.282. The molecule has 0 aliphatic rings. The molecule has 0 saturated heterocycles. The second-order valence-corrected chi connectivity index (χ2v) is 8.36. The molecule has 0 atom stereocenters. The molecule has 0 radical (unpaired) electrons. The maximum atomic E-state index is 9.57. The number of hydrogen-bond acceptors (Lipinski definition) is 2. The molecular weight excluding hydrogens is 402 g/mol. The molecule has 0 spiro atoms. The van der Waals surface area contributed by atoms with Gasteiger partial charge in [0.25, 0.3) is 0 Å².